The number of nitrogens with one attached hydrogen (secondary N) is 1. The zero-order chi connectivity index (χ0) is 19.8. The Morgan fingerprint density at radius 1 is 1.07 bits per heavy atom. The fraction of sp³-hybridized carbons (Fsp3) is 0.286. The van der Waals surface area contributed by atoms with Crippen LogP contribution in [0.1, 0.15) is 52.5 Å². The molecule has 0 saturated carbocycles. The summed E-state index contributed by atoms with van der Waals surface area (Å²) in [6, 6.07) is 12.6. The van der Waals surface area contributed by atoms with Gasteiger partial charge in [-0.2, -0.15) is 0 Å². The molecule has 2 rings (SSSR count). The molecule has 5 nitrogen and oxygen atoms in total. The van der Waals surface area contributed by atoms with Crippen LogP contribution in [0.3, 0.4) is 0 Å². The Morgan fingerprint density at radius 2 is 1.74 bits per heavy atom. The second-order valence-corrected chi connectivity index (χ2v) is 6.18. The van der Waals surface area contributed by atoms with Gasteiger partial charge in [-0.15, -0.1) is 0 Å². The highest BCUT2D eigenvalue weighted by Gasteiger charge is 2.14. The SMILES string of the molecule is CC[C@@H](C)c1ccc(C(=O)COC(=O)CNC(=O)c2ccccc2F)cc1. The fourth-order valence-electron chi connectivity index (χ4n) is 2.41. The van der Waals surface area contributed by atoms with E-state index in [1.165, 1.54) is 18.2 Å². The van der Waals surface area contributed by atoms with E-state index in [-0.39, 0.29) is 11.3 Å². The molecule has 0 fully saturated rings. The summed E-state index contributed by atoms with van der Waals surface area (Å²) in [4.78, 5) is 35.6. The standard InChI is InChI=1S/C21H22FNO4/c1-3-14(2)15-8-10-16(11-9-15)19(24)13-27-20(25)12-23-21(26)17-6-4-5-7-18(17)22/h4-11,14H,3,12-13H2,1-2H3,(H,23,26)/t14-/m1/s1. The van der Waals surface area contributed by atoms with Crippen LogP contribution in [0.25, 0.3) is 0 Å². The lowest BCUT2D eigenvalue weighted by molar-refractivity contribution is -0.141. The summed E-state index contributed by atoms with van der Waals surface area (Å²) in [5, 5.41) is 2.26. The number of carbonyl (C=O) groups excluding carboxylic acids is 3. The number of ether oxygens (including phenoxy) is 1. The highest BCUT2D eigenvalue weighted by atomic mass is 19.1. The molecule has 1 N–H and O–H groups in total. The lowest BCUT2D eigenvalue weighted by atomic mass is 9.97. The predicted molar refractivity (Wildman–Crippen MR) is 99.2 cm³/mol. The first kappa shape index (κ1) is 20.3. The average Bonchev–Trinajstić information content (AvgIpc) is 2.70. The van der Waals surface area contributed by atoms with Crippen molar-refractivity contribution in [2.24, 2.45) is 0 Å². The monoisotopic (exact) mass is 371 g/mol. The van der Waals surface area contributed by atoms with Crippen LogP contribution in [0.15, 0.2) is 48.5 Å². The molecule has 1 amide bonds. The van der Waals surface area contributed by atoms with Crippen molar-refractivity contribution in [3.63, 3.8) is 0 Å². The molecule has 0 saturated heterocycles. The van der Waals surface area contributed by atoms with Gasteiger partial charge in [-0.05, 0) is 30.0 Å². The molecule has 0 aliphatic rings. The molecular formula is C21H22FNO4. The number of amides is 1. The van der Waals surface area contributed by atoms with E-state index in [0.717, 1.165) is 18.1 Å². The smallest absolute Gasteiger partial charge is 0.325 e. The van der Waals surface area contributed by atoms with Gasteiger partial charge in [0.05, 0.1) is 5.56 Å². The van der Waals surface area contributed by atoms with Crippen LogP contribution in [-0.2, 0) is 9.53 Å². The Balaban J connectivity index is 1.80. The quantitative estimate of drug-likeness (QED) is 0.569. The summed E-state index contributed by atoms with van der Waals surface area (Å²) in [6.45, 7) is 3.33. The minimum absolute atomic E-state index is 0.164. The molecule has 2 aromatic carbocycles. The number of carbonyl (C=O) groups is 3. The molecular weight excluding hydrogens is 349 g/mol. The predicted octanol–water partition coefficient (Wildman–Crippen LogP) is 3.50. The maximum absolute atomic E-state index is 13.5. The molecule has 0 aliphatic heterocycles. The molecule has 0 aromatic heterocycles. The van der Waals surface area contributed by atoms with Gasteiger partial charge in [-0.1, -0.05) is 50.2 Å². The molecule has 0 aliphatic carbocycles. The van der Waals surface area contributed by atoms with Crippen molar-refractivity contribution in [3.8, 4) is 0 Å². The molecule has 0 radical (unpaired) electrons. The number of hydrogen-bond donors (Lipinski definition) is 1. The first-order chi connectivity index (χ1) is 12.9. The van der Waals surface area contributed by atoms with E-state index in [9.17, 15) is 18.8 Å². The molecule has 142 valence electrons. The number of benzene rings is 2. The van der Waals surface area contributed by atoms with Crippen molar-refractivity contribution in [1.29, 1.82) is 0 Å². The first-order valence-electron chi connectivity index (χ1n) is 8.73. The summed E-state index contributed by atoms with van der Waals surface area (Å²) in [5.74, 6) is -2.11. The van der Waals surface area contributed by atoms with Crippen LogP contribution in [0.5, 0.6) is 0 Å². The second-order valence-electron chi connectivity index (χ2n) is 6.18. The van der Waals surface area contributed by atoms with E-state index >= 15 is 0 Å². The van der Waals surface area contributed by atoms with Gasteiger partial charge in [-0.25, -0.2) is 4.39 Å². The fourth-order valence-corrected chi connectivity index (χ4v) is 2.41. The molecule has 0 unspecified atom stereocenters. The lowest BCUT2D eigenvalue weighted by Crippen LogP contribution is -2.32. The van der Waals surface area contributed by atoms with Crippen LogP contribution in [-0.4, -0.2) is 30.8 Å². The number of rotatable bonds is 8. The third-order valence-electron chi connectivity index (χ3n) is 4.29. The van der Waals surface area contributed by atoms with E-state index < -0.39 is 30.8 Å². The summed E-state index contributed by atoms with van der Waals surface area (Å²) in [5.41, 5.74) is 1.43. The van der Waals surface area contributed by atoms with E-state index in [2.05, 4.69) is 19.2 Å². The zero-order valence-electron chi connectivity index (χ0n) is 15.3. The summed E-state index contributed by atoms with van der Waals surface area (Å²) < 4.78 is 18.4. The minimum Gasteiger partial charge on any atom is -0.456 e. The van der Waals surface area contributed by atoms with E-state index in [1.54, 1.807) is 12.1 Å². The topological polar surface area (TPSA) is 72.5 Å². The van der Waals surface area contributed by atoms with Crippen molar-refractivity contribution in [1.82, 2.24) is 5.32 Å². The summed E-state index contributed by atoms with van der Waals surface area (Å²) in [7, 11) is 0. The van der Waals surface area contributed by atoms with Crippen LogP contribution < -0.4 is 5.32 Å². The molecule has 6 heteroatoms. The number of halogens is 1. The minimum atomic E-state index is -0.774. The highest BCUT2D eigenvalue weighted by molar-refractivity contribution is 5.99. The van der Waals surface area contributed by atoms with Gasteiger partial charge in [-0.3, -0.25) is 14.4 Å². The highest BCUT2D eigenvalue weighted by Crippen LogP contribution is 2.19. The Kier molecular flexibility index (Phi) is 7.23. The van der Waals surface area contributed by atoms with E-state index in [4.69, 9.17) is 4.74 Å². The number of ketones is 1. The molecule has 0 bridgehead atoms. The maximum atomic E-state index is 13.5. The first-order valence-corrected chi connectivity index (χ1v) is 8.73. The normalized spacial score (nSPS) is 11.5. The van der Waals surface area contributed by atoms with E-state index in [0.29, 0.717) is 11.5 Å². The van der Waals surface area contributed by atoms with Crippen LogP contribution >= 0.6 is 0 Å². The Hall–Kier alpha value is -3.02. The Morgan fingerprint density at radius 3 is 2.37 bits per heavy atom. The molecule has 0 spiro atoms. The average molecular weight is 371 g/mol. The molecule has 27 heavy (non-hydrogen) atoms. The van der Waals surface area contributed by atoms with Gasteiger partial charge in [0.15, 0.2) is 12.4 Å². The van der Waals surface area contributed by atoms with Crippen LogP contribution in [0.2, 0.25) is 0 Å². The third-order valence-corrected chi connectivity index (χ3v) is 4.29. The second kappa shape index (κ2) is 9.62. The van der Waals surface area contributed by atoms with E-state index in [1.807, 2.05) is 12.1 Å². The van der Waals surface area contributed by atoms with Gasteiger partial charge in [0.2, 0.25) is 0 Å². The van der Waals surface area contributed by atoms with Crippen molar-refractivity contribution < 1.29 is 23.5 Å². The van der Waals surface area contributed by atoms with Gasteiger partial charge in [0.1, 0.15) is 12.4 Å². The summed E-state index contributed by atoms with van der Waals surface area (Å²) >= 11 is 0. The van der Waals surface area contributed by atoms with Crippen LogP contribution in [0, 0.1) is 5.82 Å². The van der Waals surface area contributed by atoms with Crippen molar-refractivity contribution >= 4 is 17.7 Å². The van der Waals surface area contributed by atoms with Gasteiger partial charge >= 0.3 is 5.97 Å². The lowest BCUT2D eigenvalue weighted by Gasteiger charge is -2.10. The number of hydrogen-bond acceptors (Lipinski definition) is 4. The maximum Gasteiger partial charge on any atom is 0.325 e. The van der Waals surface area contributed by atoms with Gasteiger partial charge < -0.3 is 10.1 Å². The Labute approximate surface area is 157 Å². The van der Waals surface area contributed by atoms with Gasteiger partial charge in [0.25, 0.3) is 5.91 Å². The Bertz CT molecular complexity index is 817. The molecule has 1 atom stereocenters. The molecule has 2 aromatic rings. The van der Waals surface area contributed by atoms with Crippen LogP contribution in [0.4, 0.5) is 4.39 Å². The van der Waals surface area contributed by atoms with Crippen molar-refractivity contribution in [2.45, 2.75) is 26.2 Å². The largest absolute Gasteiger partial charge is 0.456 e. The zero-order valence-corrected chi connectivity index (χ0v) is 15.3. The molecule has 0 heterocycles. The third kappa shape index (κ3) is 5.74. The summed E-state index contributed by atoms with van der Waals surface area (Å²) in [6.07, 6.45) is 1.00. The van der Waals surface area contributed by atoms with Crippen molar-refractivity contribution in [3.05, 3.63) is 71.0 Å². The van der Waals surface area contributed by atoms with Gasteiger partial charge in [0, 0.05) is 5.56 Å². The number of Topliss-reactive ketones (excluding diaryl/α,β-unsaturated/α-hetero) is 1. The number of esters is 1. The van der Waals surface area contributed by atoms with Crippen molar-refractivity contribution in [2.75, 3.05) is 13.2 Å².